The summed E-state index contributed by atoms with van der Waals surface area (Å²) in [6, 6.07) is 56.0. The number of hydrogen-bond donors (Lipinski definition) is 1. The fraction of sp³-hybridized carbons (Fsp3) is 0.0800. The molecule has 6 nitrogen and oxygen atoms in total. The lowest BCUT2D eigenvalue weighted by Crippen LogP contribution is -1.94. The molecule has 8 aromatic carbocycles. The summed E-state index contributed by atoms with van der Waals surface area (Å²) >= 11 is 0. The van der Waals surface area contributed by atoms with Crippen LogP contribution < -0.4 is 14.2 Å². The van der Waals surface area contributed by atoms with Gasteiger partial charge in [0.05, 0.1) is 0 Å². The van der Waals surface area contributed by atoms with Crippen molar-refractivity contribution in [3.63, 3.8) is 0 Å². The Morgan fingerprint density at radius 2 is 0.842 bits per heavy atom. The van der Waals surface area contributed by atoms with Gasteiger partial charge in [-0.15, -0.1) is 0 Å². The molecular formula is C50H41FO6. The molecule has 0 spiro atoms. The monoisotopic (exact) mass is 756 g/mol. The van der Waals surface area contributed by atoms with E-state index in [1.807, 2.05) is 121 Å². The largest absolute Gasteiger partial charge is 0.508 e. The smallest absolute Gasteiger partial charge is 0.159 e. The van der Waals surface area contributed by atoms with E-state index in [1.165, 1.54) is 31.2 Å². The summed E-state index contributed by atoms with van der Waals surface area (Å²) in [5.41, 5.74) is 3.51. The first-order valence-corrected chi connectivity index (χ1v) is 18.3. The summed E-state index contributed by atoms with van der Waals surface area (Å²) in [6.07, 6.45) is 0. The van der Waals surface area contributed by atoms with Crippen molar-refractivity contribution in [2.24, 2.45) is 0 Å². The van der Waals surface area contributed by atoms with Gasteiger partial charge in [0, 0.05) is 11.1 Å². The van der Waals surface area contributed by atoms with Gasteiger partial charge in [-0.1, -0.05) is 84.9 Å². The Bertz CT molecular complexity index is 2550. The normalized spacial score (nSPS) is 10.4. The molecule has 0 fully saturated rings. The van der Waals surface area contributed by atoms with Crippen molar-refractivity contribution in [2.75, 3.05) is 0 Å². The SMILES string of the molecule is CC(=O)c1ccc(F)cc1.CC(=O)c1ccc(Oc2ccc3cc(OCc4ccccc4)ccc3c2)cc1.Oc1ccc2cc(OCc3ccccc3)ccc2c1. The number of ether oxygens (including phenoxy) is 3. The van der Waals surface area contributed by atoms with Gasteiger partial charge >= 0.3 is 0 Å². The molecule has 0 aliphatic rings. The van der Waals surface area contributed by atoms with E-state index < -0.39 is 0 Å². The van der Waals surface area contributed by atoms with Crippen LogP contribution >= 0.6 is 0 Å². The van der Waals surface area contributed by atoms with E-state index in [2.05, 4.69) is 0 Å². The molecule has 8 aromatic rings. The van der Waals surface area contributed by atoms with Crippen LogP contribution in [0.5, 0.6) is 28.7 Å². The minimum atomic E-state index is -0.315. The van der Waals surface area contributed by atoms with Crippen LogP contribution in [0.15, 0.2) is 182 Å². The van der Waals surface area contributed by atoms with Crippen LogP contribution in [0.1, 0.15) is 45.7 Å². The first-order chi connectivity index (χ1) is 27.7. The number of benzene rings is 8. The molecular weight excluding hydrogens is 716 g/mol. The molecule has 0 heterocycles. The molecule has 0 amide bonds. The van der Waals surface area contributed by atoms with E-state index in [9.17, 15) is 19.1 Å². The fourth-order valence-electron chi connectivity index (χ4n) is 5.72. The molecule has 284 valence electrons. The molecule has 0 atom stereocenters. The maximum absolute atomic E-state index is 12.2. The predicted molar refractivity (Wildman–Crippen MR) is 224 cm³/mol. The lowest BCUT2D eigenvalue weighted by molar-refractivity contribution is 0.100. The van der Waals surface area contributed by atoms with E-state index in [0.29, 0.717) is 30.1 Å². The minimum Gasteiger partial charge on any atom is -0.508 e. The van der Waals surface area contributed by atoms with E-state index in [-0.39, 0.29) is 23.1 Å². The Hall–Kier alpha value is -7.25. The Morgan fingerprint density at radius 3 is 1.32 bits per heavy atom. The molecule has 8 rings (SSSR count). The molecule has 0 bridgehead atoms. The fourth-order valence-corrected chi connectivity index (χ4v) is 5.72. The summed E-state index contributed by atoms with van der Waals surface area (Å²) < 4.78 is 29.8. The number of Topliss-reactive ketones (excluding diaryl/α,β-unsaturated/α-hetero) is 2. The van der Waals surface area contributed by atoms with Crippen LogP contribution in [-0.4, -0.2) is 16.7 Å². The van der Waals surface area contributed by atoms with Crippen molar-refractivity contribution < 1.29 is 33.3 Å². The molecule has 0 unspecified atom stereocenters. The van der Waals surface area contributed by atoms with Crippen molar-refractivity contribution >= 4 is 33.1 Å². The second kappa shape index (κ2) is 19.4. The second-order valence-corrected chi connectivity index (χ2v) is 13.2. The number of phenols is 1. The lowest BCUT2D eigenvalue weighted by atomic mass is 10.1. The first kappa shape index (κ1) is 39.4. The van der Waals surface area contributed by atoms with E-state index >= 15 is 0 Å². The number of rotatable bonds is 10. The van der Waals surface area contributed by atoms with Gasteiger partial charge in [0.15, 0.2) is 11.6 Å². The van der Waals surface area contributed by atoms with Crippen molar-refractivity contribution in [2.45, 2.75) is 27.1 Å². The number of phenolic OH excluding ortho intramolecular Hbond substituents is 1. The topological polar surface area (TPSA) is 82.1 Å². The predicted octanol–water partition coefficient (Wildman–Crippen LogP) is 12.6. The highest BCUT2D eigenvalue weighted by atomic mass is 19.1. The molecule has 0 radical (unpaired) electrons. The zero-order valence-electron chi connectivity index (χ0n) is 31.6. The van der Waals surface area contributed by atoms with Crippen LogP contribution in [0.2, 0.25) is 0 Å². The number of carbonyl (C=O) groups excluding carboxylic acids is 2. The van der Waals surface area contributed by atoms with Gasteiger partial charge in [0.1, 0.15) is 47.8 Å². The molecule has 7 heteroatoms. The highest BCUT2D eigenvalue weighted by Gasteiger charge is 2.05. The average Bonchev–Trinajstić information content (AvgIpc) is 3.23. The van der Waals surface area contributed by atoms with Crippen LogP contribution in [-0.2, 0) is 13.2 Å². The van der Waals surface area contributed by atoms with Gasteiger partial charge in [0.25, 0.3) is 0 Å². The molecule has 57 heavy (non-hydrogen) atoms. The zero-order valence-corrected chi connectivity index (χ0v) is 31.6. The van der Waals surface area contributed by atoms with Gasteiger partial charge < -0.3 is 19.3 Å². The van der Waals surface area contributed by atoms with Gasteiger partial charge in [-0.05, 0) is 144 Å². The first-order valence-electron chi connectivity index (χ1n) is 18.3. The third-order valence-corrected chi connectivity index (χ3v) is 8.82. The number of fused-ring (bicyclic) bond motifs is 2. The number of halogens is 1. The summed E-state index contributed by atoms with van der Waals surface area (Å²) in [7, 11) is 0. The third kappa shape index (κ3) is 11.9. The molecule has 0 aliphatic heterocycles. The van der Waals surface area contributed by atoms with Gasteiger partial charge in [-0.2, -0.15) is 0 Å². The number of aromatic hydroxyl groups is 1. The van der Waals surface area contributed by atoms with Gasteiger partial charge in [-0.25, -0.2) is 4.39 Å². The molecule has 0 aliphatic carbocycles. The van der Waals surface area contributed by atoms with E-state index in [0.717, 1.165) is 49.9 Å². The van der Waals surface area contributed by atoms with E-state index in [4.69, 9.17) is 14.2 Å². The Balaban J connectivity index is 0.000000162. The van der Waals surface area contributed by atoms with Crippen molar-refractivity contribution in [3.05, 3.63) is 210 Å². The number of hydrogen-bond acceptors (Lipinski definition) is 6. The Kier molecular flexibility index (Phi) is 13.4. The van der Waals surface area contributed by atoms with Crippen molar-refractivity contribution in [1.82, 2.24) is 0 Å². The maximum Gasteiger partial charge on any atom is 0.159 e. The molecule has 0 aromatic heterocycles. The summed E-state index contributed by atoms with van der Waals surface area (Å²) in [6.45, 7) is 4.11. The van der Waals surface area contributed by atoms with Crippen molar-refractivity contribution in [3.8, 4) is 28.7 Å². The standard InChI is InChI=1S/C25H20O3.C17H14O2.C8H7FO/c1-18(26)20-7-11-23(12-8-20)28-25-14-10-21-15-24(13-9-22(21)16-25)27-17-19-5-3-2-4-6-19;18-16-8-6-15-11-17(9-7-14(15)10-16)19-12-13-4-2-1-3-5-13;1-6(10)7-2-4-8(9)5-3-7/h2-16H,17H2,1H3;1-11,18H,12H2;2-5H,1H3. The summed E-state index contributed by atoms with van der Waals surface area (Å²) in [5, 5.41) is 13.6. The molecule has 0 saturated carbocycles. The Labute approximate surface area is 331 Å². The van der Waals surface area contributed by atoms with Crippen LogP contribution in [0.3, 0.4) is 0 Å². The highest BCUT2D eigenvalue weighted by molar-refractivity contribution is 5.94. The van der Waals surface area contributed by atoms with Crippen LogP contribution in [0, 0.1) is 5.82 Å². The number of carbonyl (C=O) groups is 2. The van der Waals surface area contributed by atoms with Gasteiger partial charge in [-0.3, -0.25) is 9.59 Å². The zero-order chi connectivity index (χ0) is 40.0. The van der Waals surface area contributed by atoms with Crippen LogP contribution in [0.25, 0.3) is 21.5 Å². The highest BCUT2D eigenvalue weighted by Crippen LogP contribution is 2.29. The Morgan fingerprint density at radius 1 is 0.456 bits per heavy atom. The van der Waals surface area contributed by atoms with E-state index in [1.54, 1.807) is 43.3 Å². The quantitative estimate of drug-likeness (QED) is 0.140. The third-order valence-electron chi connectivity index (χ3n) is 8.82. The summed E-state index contributed by atoms with van der Waals surface area (Å²) in [4.78, 5) is 22.0. The maximum atomic E-state index is 12.2. The molecule has 0 saturated heterocycles. The average molecular weight is 757 g/mol. The number of ketones is 2. The second-order valence-electron chi connectivity index (χ2n) is 13.2. The van der Waals surface area contributed by atoms with Gasteiger partial charge in [0.2, 0.25) is 0 Å². The van der Waals surface area contributed by atoms with Crippen molar-refractivity contribution in [1.29, 1.82) is 0 Å². The minimum absolute atomic E-state index is 0.0417. The van der Waals surface area contributed by atoms with Crippen LogP contribution in [0.4, 0.5) is 4.39 Å². The molecule has 1 N–H and O–H groups in total. The lowest BCUT2D eigenvalue weighted by Gasteiger charge is -2.10. The summed E-state index contributed by atoms with van der Waals surface area (Å²) in [5.74, 6) is 3.10.